The van der Waals surface area contributed by atoms with E-state index in [1.807, 2.05) is 0 Å². The largest absolute Gasteiger partial charge is 0.505 e. The maximum absolute atomic E-state index is 8.81. The summed E-state index contributed by atoms with van der Waals surface area (Å²) in [5.41, 5.74) is 1.90. The fraction of sp³-hybridized carbons (Fsp3) is 0. The molecule has 1 aromatic rings. The van der Waals surface area contributed by atoms with Crippen molar-refractivity contribution < 1.29 is 10.0 Å². The van der Waals surface area contributed by atoms with E-state index in [9.17, 15) is 0 Å². The van der Waals surface area contributed by atoms with E-state index in [4.69, 9.17) is 10.0 Å². The second kappa shape index (κ2) is 3.43. The van der Waals surface area contributed by atoms with Gasteiger partial charge in [0, 0.05) is 11.3 Å². The van der Waals surface area contributed by atoms with E-state index in [2.05, 4.69) is 18.1 Å². The number of hydrogen-bond donors (Lipinski definition) is 3. The van der Waals surface area contributed by atoms with Gasteiger partial charge in [-0.3, -0.25) is 0 Å². The van der Waals surface area contributed by atoms with Gasteiger partial charge in [0.15, 0.2) is 0 Å². The Morgan fingerprint density at radius 1 is 1.33 bits per heavy atom. The first kappa shape index (κ1) is 8.84. The van der Waals surface area contributed by atoms with Crippen LogP contribution in [0.5, 0.6) is 0 Å². The average Bonchev–Trinajstić information content (AvgIpc) is 2.46. The second-order valence-corrected chi connectivity index (χ2v) is 2.38. The Hall–Kier alpha value is -1.26. The molecule has 0 aromatic carbocycles. The summed E-state index contributed by atoms with van der Waals surface area (Å²) in [6.45, 7) is 7.15. The fourth-order valence-electron chi connectivity index (χ4n) is 0.986. The number of hydrogen-bond acceptors (Lipinski definition) is 2. The first-order valence-corrected chi connectivity index (χ1v) is 3.53. The summed E-state index contributed by atoms with van der Waals surface area (Å²) in [5, 5.41) is 17.6. The van der Waals surface area contributed by atoms with Gasteiger partial charge in [0.25, 0.3) is 0 Å². The van der Waals surface area contributed by atoms with Crippen LogP contribution >= 0.6 is 0 Å². The Bertz CT molecular complexity index is 279. The zero-order valence-corrected chi connectivity index (χ0v) is 6.62. The molecule has 0 aliphatic carbocycles. The number of nitrogens with one attached hydrogen (secondary N) is 1. The van der Waals surface area contributed by atoms with Crippen molar-refractivity contribution in [1.82, 2.24) is 4.98 Å². The molecule has 0 amide bonds. The summed E-state index contributed by atoms with van der Waals surface area (Å²) in [6, 6.07) is 1.62. The standard InChI is InChI=1S/C8H10BNO2/c1-3-6-5-8(9(11)12)10-7(6)4-2/h3-5,10-12H,1-2H2. The van der Waals surface area contributed by atoms with Crippen molar-refractivity contribution in [3.05, 3.63) is 30.5 Å². The molecular weight excluding hydrogens is 153 g/mol. The van der Waals surface area contributed by atoms with Crippen molar-refractivity contribution in [3.63, 3.8) is 0 Å². The summed E-state index contributed by atoms with van der Waals surface area (Å²) < 4.78 is 0. The van der Waals surface area contributed by atoms with Gasteiger partial charge in [-0.25, -0.2) is 0 Å². The SMILES string of the molecule is C=Cc1cc(B(O)O)[nH]c1C=C. The van der Waals surface area contributed by atoms with Gasteiger partial charge < -0.3 is 15.0 Å². The van der Waals surface area contributed by atoms with Gasteiger partial charge in [0.2, 0.25) is 0 Å². The topological polar surface area (TPSA) is 56.2 Å². The zero-order chi connectivity index (χ0) is 9.14. The van der Waals surface area contributed by atoms with Gasteiger partial charge in [-0.2, -0.15) is 0 Å². The summed E-state index contributed by atoms with van der Waals surface area (Å²) in [7, 11) is -1.47. The third kappa shape index (κ3) is 1.49. The highest BCUT2D eigenvalue weighted by Gasteiger charge is 2.14. The minimum absolute atomic E-state index is 0.347. The molecular formula is C8H10BNO2. The molecule has 0 bridgehead atoms. The summed E-state index contributed by atoms with van der Waals surface area (Å²) in [5.74, 6) is 0. The lowest BCUT2D eigenvalue weighted by molar-refractivity contribution is 0.424. The molecule has 0 saturated heterocycles. The van der Waals surface area contributed by atoms with Gasteiger partial charge >= 0.3 is 7.12 Å². The fourth-order valence-corrected chi connectivity index (χ4v) is 0.986. The van der Waals surface area contributed by atoms with E-state index in [0.29, 0.717) is 5.59 Å². The van der Waals surface area contributed by atoms with Crippen LogP contribution in [0.2, 0.25) is 0 Å². The Morgan fingerprint density at radius 2 is 2.00 bits per heavy atom. The van der Waals surface area contributed by atoms with Crippen LogP contribution < -0.4 is 5.59 Å². The lowest BCUT2D eigenvalue weighted by Crippen LogP contribution is -2.30. The normalized spacial score (nSPS) is 9.50. The maximum Gasteiger partial charge on any atom is 0.505 e. The van der Waals surface area contributed by atoms with E-state index in [-0.39, 0.29) is 0 Å². The molecule has 62 valence electrons. The molecule has 0 aliphatic heterocycles. The van der Waals surface area contributed by atoms with Gasteiger partial charge in [0.05, 0.1) is 0 Å². The van der Waals surface area contributed by atoms with Gasteiger partial charge in [0.1, 0.15) is 0 Å². The lowest BCUT2D eigenvalue weighted by Gasteiger charge is -1.90. The van der Waals surface area contributed by atoms with E-state index >= 15 is 0 Å². The van der Waals surface area contributed by atoms with Crippen LogP contribution in [0.1, 0.15) is 11.3 Å². The van der Waals surface area contributed by atoms with Crippen LogP contribution in [-0.4, -0.2) is 22.2 Å². The molecule has 0 radical (unpaired) electrons. The monoisotopic (exact) mass is 163 g/mol. The molecule has 3 nitrogen and oxygen atoms in total. The quantitative estimate of drug-likeness (QED) is 0.548. The van der Waals surface area contributed by atoms with Crippen LogP contribution in [0.4, 0.5) is 0 Å². The summed E-state index contributed by atoms with van der Waals surface area (Å²) in [6.07, 6.45) is 3.22. The lowest BCUT2D eigenvalue weighted by atomic mass is 9.86. The highest BCUT2D eigenvalue weighted by Crippen LogP contribution is 2.07. The van der Waals surface area contributed by atoms with E-state index in [1.165, 1.54) is 0 Å². The first-order valence-electron chi connectivity index (χ1n) is 3.53. The number of H-pyrrole nitrogens is 1. The first-order chi connectivity index (χ1) is 5.69. The van der Waals surface area contributed by atoms with Crippen LogP contribution in [0.15, 0.2) is 19.2 Å². The molecule has 0 saturated carbocycles. The van der Waals surface area contributed by atoms with E-state index in [1.54, 1.807) is 18.2 Å². The molecule has 1 rings (SSSR count). The van der Waals surface area contributed by atoms with Crippen LogP contribution in [-0.2, 0) is 0 Å². The number of aromatic amines is 1. The highest BCUT2D eigenvalue weighted by atomic mass is 16.4. The predicted molar refractivity (Wildman–Crippen MR) is 50.8 cm³/mol. The number of aromatic nitrogens is 1. The molecule has 0 fully saturated rings. The maximum atomic E-state index is 8.81. The molecule has 4 heteroatoms. The smallest absolute Gasteiger partial charge is 0.422 e. The van der Waals surface area contributed by atoms with E-state index < -0.39 is 7.12 Å². The summed E-state index contributed by atoms with van der Waals surface area (Å²) >= 11 is 0. The molecule has 12 heavy (non-hydrogen) atoms. The van der Waals surface area contributed by atoms with Crippen molar-refractivity contribution in [1.29, 1.82) is 0 Å². The van der Waals surface area contributed by atoms with Crippen molar-refractivity contribution in [2.24, 2.45) is 0 Å². The Balaban J connectivity index is 3.13. The van der Waals surface area contributed by atoms with Crippen LogP contribution in [0, 0.1) is 0 Å². The van der Waals surface area contributed by atoms with Crippen molar-refractivity contribution >= 4 is 24.9 Å². The molecule has 0 atom stereocenters. The molecule has 1 aromatic heterocycles. The molecule has 3 N–H and O–H groups in total. The minimum atomic E-state index is -1.47. The minimum Gasteiger partial charge on any atom is -0.422 e. The third-order valence-corrected chi connectivity index (χ3v) is 1.60. The van der Waals surface area contributed by atoms with Crippen molar-refractivity contribution in [3.8, 4) is 0 Å². The zero-order valence-electron chi connectivity index (χ0n) is 6.62. The van der Waals surface area contributed by atoms with E-state index in [0.717, 1.165) is 11.3 Å². The molecule has 0 spiro atoms. The highest BCUT2D eigenvalue weighted by molar-refractivity contribution is 6.57. The average molecular weight is 163 g/mol. The number of rotatable bonds is 3. The van der Waals surface area contributed by atoms with Crippen molar-refractivity contribution in [2.45, 2.75) is 0 Å². The van der Waals surface area contributed by atoms with Gasteiger partial charge in [-0.1, -0.05) is 19.2 Å². The predicted octanol–water partition coefficient (Wildman–Crippen LogP) is -0.0195. The third-order valence-electron chi connectivity index (χ3n) is 1.60. The molecule has 0 aliphatic rings. The van der Waals surface area contributed by atoms with Gasteiger partial charge in [-0.05, 0) is 17.7 Å². The summed E-state index contributed by atoms with van der Waals surface area (Å²) in [4.78, 5) is 2.79. The van der Waals surface area contributed by atoms with Crippen molar-refractivity contribution in [2.75, 3.05) is 0 Å². The van der Waals surface area contributed by atoms with Crippen LogP contribution in [0.25, 0.3) is 12.2 Å². The second-order valence-electron chi connectivity index (χ2n) is 2.38. The Morgan fingerprint density at radius 3 is 2.33 bits per heavy atom. The molecule has 1 heterocycles. The Kier molecular flexibility index (Phi) is 2.52. The van der Waals surface area contributed by atoms with Gasteiger partial charge in [-0.15, -0.1) is 0 Å². The van der Waals surface area contributed by atoms with Crippen LogP contribution in [0.3, 0.4) is 0 Å². The molecule has 0 unspecified atom stereocenters. The Labute approximate surface area is 71.2 Å².